The zero-order valence-corrected chi connectivity index (χ0v) is 12.0. The number of ether oxygens (including phenoxy) is 2. The van der Waals surface area contributed by atoms with Crippen LogP contribution in [0, 0.1) is 6.92 Å². The summed E-state index contributed by atoms with van der Waals surface area (Å²) in [7, 11) is 0. The molecule has 6 heteroatoms. The number of rotatable bonds is 3. The molecule has 1 N–H and O–H groups in total. The van der Waals surface area contributed by atoms with Crippen LogP contribution in [-0.2, 0) is 9.47 Å². The van der Waals surface area contributed by atoms with E-state index in [-0.39, 0.29) is 0 Å². The van der Waals surface area contributed by atoms with Crippen molar-refractivity contribution in [2.24, 2.45) is 0 Å². The van der Waals surface area contributed by atoms with Gasteiger partial charge in [-0.2, -0.15) is 5.10 Å². The highest BCUT2D eigenvalue weighted by Crippen LogP contribution is 2.23. The molecule has 0 aromatic carbocycles. The summed E-state index contributed by atoms with van der Waals surface area (Å²) in [4.78, 5) is 2.28. The van der Waals surface area contributed by atoms with Crippen LogP contribution >= 0.6 is 0 Å². The van der Waals surface area contributed by atoms with Crippen molar-refractivity contribution < 1.29 is 14.6 Å². The van der Waals surface area contributed by atoms with Crippen molar-refractivity contribution >= 4 is 0 Å². The van der Waals surface area contributed by atoms with E-state index in [0.29, 0.717) is 39.0 Å². The van der Waals surface area contributed by atoms with Crippen molar-refractivity contribution in [3.05, 3.63) is 18.0 Å². The van der Waals surface area contributed by atoms with Gasteiger partial charge in [0.1, 0.15) is 5.60 Å². The number of aliphatic hydroxyl groups is 1. The molecule has 0 bridgehead atoms. The Kier molecular flexibility index (Phi) is 4.07. The second kappa shape index (κ2) is 5.81. The Morgan fingerprint density at radius 3 is 2.80 bits per heavy atom. The van der Waals surface area contributed by atoms with E-state index in [1.807, 2.05) is 10.9 Å². The van der Waals surface area contributed by atoms with Gasteiger partial charge in [0.25, 0.3) is 0 Å². The molecular formula is C14H23N3O3. The third-order valence-electron chi connectivity index (χ3n) is 3.98. The highest BCUT2D eigenvalue weighted by atomic mass is 16.6. The van der Waals surface area contributed by atoms with Crippen molar-refractivity contribution in [3.63, 3.8) is 0 Å². The summed E-state index contributed by atoms with van der Waals surface area (Å²) in [6.07, 6.45) is 5.04. The molecule has 1 atom stereocenters. The minimum Gasteiger partial charge on any atom is -0.384 e. The van der Waals surface area contributed by atoms with E-state index in [1.165, 1.54) is 5.56 Å². The minimum atomic E-state index is -0.884. The molecule has 2 fully saturated rings. The van der Waals surface area contributed by atoms with Crippen molar-refractivity contribution in [1.29, 1.82) is 0 Å². The van der Waals surface area contributed by atoms with Crippen LogP contribution in [0.15, 0.2) is 12.4 Å². The molecule has 6 nitrogen and oxygen atoms in total. The van der Waals surface area contributed by atoms with E-state index in [4.69, 9.17) is 9.47 Å². The molecule has 0 spiro atoms. The highest BCUT2D eigenvalue weighted by Gasteiger charge is 2.35. The van der Waals surface area contributed by atoms with Crippen LogP contribution in [-0.4, -0.2) is 71.4 Å². The average molecular weight is 281 g/mol. The maximum atomic E-state index is 10.6. The lowest BCUT2D eigenvalue weighted by Crippen LogP contribution is -2.48. The van der Waals surface area contributed by atoms with Crippen LogP contribution in [0.3, 0.4) is 0 Å². The zero-order chi connectivity index (χ0) is 14.0. The summed E-state index contributed by atoms with van der Waals surface area (Å²) in [6, 6.07) is 0.403. The van der Waals surface area contributed by atoms with E-state index < -0.39 is 5.60 Å². The Balaban J connectivity index is 1.57. The van der Waals surface area contributed by atoms with Crippen LogP contribution < -0.4 is 0 Å². The van der Waals surface area contributed by atoms with Gasteiger partial charge < -0.3 is 14.6 Å². The summed E-state index contributed by atoms with van der Waals surface area (Å²) in [6.45, 7) is 6.40. The van der Waals surface area contributed by atoms with Crippen molar-refractivity contribution in [3.8, 4) is 0 Å². The van der Waals surface area contributed by atoms with E-state index in [9.17, 15) is 5.11 Å². The number of aryl methyl sites for hydroxylation is 1. The largest absolute Gasteiger partial charge is 0.384 e. The van der Waals surface area contributed by atoms with Gasteiger partial charge in [-0.25, -0.2) is 0 Å². The first-order chi connectivity index (χ1) is 9.65. The van der Waals surface area contributed by atoms with Crippen LogP contribution in [0.1, 0.15) is 18.0 Å². The minimum absolute atomic E-state index is 0.356. The molecule has 2 aliphatic heterocycles. The second-order valence-electron chi connectivity index (χ2n) is 6.00. The predicted molar refractivity (Wildman–Crippen MR) is 73.6 cm³/mol. The summed E-state index contributed by atoms with van der Waals surface area (Å²) >= 11 is 0. The van der Waals surface area contributed by atoms with E-state index in [1.54, 1.807) is 0 Å². The fraction of sp³-hybridized carbons (Fsp3) is 0.786. The number of nitrogens with zero attached hydrogens (tertiary/aromatic N) is 3. The number of likely N-dealkylation sites (tertiary alicyclic amines) is 1. The van der Waals surface area contributed by atoms with Crippen LogP contribution in [0.5, 0.6) is 0 Å². The summed E-state index contributed by atoms with van der Waals surface area (Å²) < 4.78 is 12.9. The Labute approximate surface area is 119 Å². The number of hydrogen-bond acceptors (Lipinski definition) is 5. The molecule has 1 aromatic rings. The molecule has 112 valence electrons. The van der Waals surface area contributed by atoms with Gasteiger partial charge in [0.2, 0.25) is 0 Å². The molecule has 1 aromatic heterocycles. The molecule has 0 aliphatic carbocycles. The molecule has 20 heavy (non-hydrogen) atoms. The molecule has 3 rings (SSSR count). The topological polar surface area (TPSA) is 59.8 Å². The summed E-state index contributed by atoms with van der Waals surface area (Å²) in [5.74, 6) is 0. The Morgan fingerprint density at radius 2 is 2.15 bits per heavy atom. The molecule has 1 unspecified atom stereocenters. The van der Waals surface area contributed by atoms with Gasteiger partial charge in [-0.15, -0.1) is 0 Å². The van der Waals surface area contributed by atoms with Crippen LogP contribution in [0.2, 0.25) is 0 Å². The van der Waals surface area contributed by atoms with E-state index in [2.05, 4.69) is 23.1 Å². The third-order valence-corrected chi connectivity index (χ3v) is 3.98. The van der Waals surface area contributed by atoms with Gasteiger partial charge in [-0.3, -0.25) is 9.58 Å². The SMILES string of the molecule is Cc1cnn(C2CCN(CC3(O)COCCOC3)C2)c1. The fourth-order valence-electron chi connectivity index (χ4n) is 3.00. The number of hydrogen-bond donors (Lipinski definition) is 1. The second-order valence-corrected chi connectivity index (χ2v) is 6.00. The average Bonchev–Trinajstić information content (AvgIpc) is 2.97. The van der Waals surface area contributed by atoms with E-state index >= 15 is 0 Å². The number of β-amino-alcohol motifs (C(OH)–C–C–N with tert-alkyl or cyclic N) is 1. The van der Waals surface area contributed by atoms with E-state index in [0.717, 1.165) is 19.5 Å². The summed E-state index contributed by atoms with van der Waals surface area (Å²) in [5.41, 5.74) is 0.304. The highest BCUT2D eigenvalue weighted by molar-refractivity contribution is 5.01. The van der Waals surface area contributed by atoms with Crippen LogP contribution in [0.4, 0.5) is 0 Å². The van der Waals surface area contributed by atoms with Gasteiger partial charge in [0.15, 0.2) is 0 Å². The third kappa shape index (κ3) is 3.20. The Morgan fingerprint density at radius 1 is 1.40 bits per heavy atom. The maximum Gasteiger partial charge on any atom is 0.124 e. The van der Waals surface area contributed by atoms with Crippen LogP contribution in [0.25, 0.3) is 0 Å². The maximum absolute atomic E-state index is 10.6. The van der Waals surface area contributed by atoms with Gasteiger partial charge in [0, 0.05) is 25.8 Å². The standard InChI is InChI=1S/C14H23N3O3/c1-12-6-15-17(7-12)13-2-3-16(8-13)9-14(18)10-19-4-5-20-11-14/h6-7,13,18H,2-5,8-11H2,1H3. The van der Waals surface area contributed by atoms with Gasteiger partial charge in [-0.1, -0.05) is 0 Å². The monoisotopic (exact) mass is 281 g/mol. The van der Waals surface area contributed by atoms with Crippen molar-refractivity contribution in [2.75, 3.05) is 46.1 Å². The first kappa shape index (κ1) is 14.0. The Hall–Kier alpha value is -0.950. The lowest BCUT2D eigenvalue weighted by molar-refractivity contribution is -0.0715. The molecule has 2 aliphatic rings. The lowest BCUT2D eigenvalue weighted by Gasteiger charge is -2.30. The zero-order valence-electron chi connectivity index (χ0n) is 12.0. The fourth-order valence-corrected chi connectivity index (χ4v) is 3.00. The smallest absolute Gasteiger partial charge is 0.124 e. The van der Waals surface area contributed by atoms with Gasteiger partial charge >= 0.3 is 0 Å². The number of aromatic nitrogens is 2. The molecular weight excluding hydrogens is 258 g/mol. The summed E-state index contributed by atoms with van der Waals surface area (Å²) in [5, 5.41) is 14.9. The Bertz CT molecular complexity index is 441. The molecule has 0 saturated carbocycles. The molecule has 3 heterocycles. The molecule has 2 saturated heterocycles. The predicted octanol–water partition coefficient (Wildman–Crippen LogP) is 0.216. The van der Waals surface area contributed by atoms with Crippen molar-refractivity contribution in [2.45, 2.75) is 25.0 Å². The van der Waals surface area contributed by atoms with Gasteiger partial charge in [0.05, 0.1) is 38.7 Å². The first-order valence-electron chi connectivity index (χ1n) is 7.26. The molecule has 0 amide bonds. The van der Waals surface area contributed by atoms with Gasteiger partial charge in [-0.05, 0) is 18.9 Å². The normalized spacial score (nSPS) is 27.6. The first-order valence-corrected chi connectivity index (χ1v) is 7.26. The quantitative estimate of drug-likeness (QED) is 0.858. The molecule has 0 radical (unpaired) electrons. The lowest BCUT2D eigenvalue weighted by atomic mass is 10.1. The van der Waals surface area contributed by atoms with Crippen molar-refractivity contribution in [1.82, 2.24) is 14.7 Å².